The highest BCUT2D eigenvalue weighted by atomic mass is 16.7. The number of benzene rings is 2. The normalized spacial score (nSPS) is 12.9. The van der Waals surface area contributed by atoms with Crippen molar-refractivity contribution < 1.29 is 23.7 Å². The van der Waals surface area contributed by atoms with Gasteiger partial charge < -0.3 is 18.9 Å². The average Bonchev–Trinajstić information content (AvgIpc) is 3.18. The molecule has 0 saturated carbocycles. The summed E-state index contributed by atoms with van der Waals surface area (Å²) in [6.45, 7) is 2.05. The van der Waals surface area contributed by atoms with Crippen LogP contribution in [0, 0.1) is 0 Å². The summed E-state index contributed by atoms with van der Waals surface area (Å²) in [5.74, 6) is 2.45. The number of hydrogen-bond acceptors (Lipinski definition) is 6. The van der Waals surface area contributed by atoms with Crippen LogP contribution >= 0.6 is 0 Å². The summed E-state index contributed by atoms with van der Waals surface area (Å²) in [6.07, 6.45) is 3.89. The van der Waals surface area contributed by atoms with Crippen LogP contribution < -0.4 is 24.4 Å². The Bertz CT molecular complexity index is 921. The van der Waals surface area contributed by atoms with Gasteiger partial charge in [0, 0.05) is 0 Å². The Morgan fingerprint density at radius 3 is 2.68 bits per heavy atom. The van der Waals surface area contributed by atoms with Crippen molar-refractivity contribution in [3.8, 4) is 23.0 Å². The minimum absolute atomic E-state index is 0.184. The van der Waals surface area contributed by atoms with Gasteiger partial charge in [-0.3, -0.25) is 4.79 Å². The highest BCUT2D eigenvalue weighted by molar-refractivity contribution is 5.97. The van der Waals surface area contributed by atoms with Crippen molar-refractivity contribution >= 4 is 17.7 Å². The van der Waals surface area contributed by atoms with Crippen LogP contribution in [-0.2, 0) is 11.2 Å². The molecular formula is C21H22N2O5. The predicted octanol–water partition coefficient (Wildman–Crippen LogP) is 3.18. The van der Waals surface area contributed by atoms with Gasteiger partial charge in [0.2, 0.25) is 12.7 Å². The van der Waals surface area contributed by atoms with Crippen LogP contribution in [0.3, 0.4) is 0 Å². The van der Waals surface area contributed by atoms with E-state index in [4.69, 9.17) is 18.9 Å². The third kappa shape index (κ3) is 4.82. The second kappa shape index (κ2) is 8.94. The number of nitrogens with one attached hydrogen (secondary N) is 1. The van der Waals surface area contributed by atoms with E-state index in [0.717, 1.165) is 22.6 Å². The number of hydrogen-bond donors (Lipinski definition) is 1. The Morgan fingerprint density at radius 2 is 1.89 bits per heavy atom. The Morgan fingerprint density at radius 1 is 1.11 bits per heavy atom. The Hall–Kier alpha value is -3.48. The molecule has 0 radical (unpaired) electrons. The van der Waals surface area contributed by atoms with Crippen LogP contribution in [0.2, 0.25) is 0 Å². The zero-order valence-electron chi connectivity index (χ0n) is 16.0. The van der Waals surface area contributed by atoms with Crippen LogP contribution in [0.15, 0.2) is 47.6 Å². The molecular weight excluding hydrogens is 360 g/mol. The molecule has 0 aliphatic carbocycles. The summed E-state index contributed by atoms with van der Waals surface area (Å²) >= 11 is 0. The molecule has 1 N–H and O–H groups in total. The summed E-state index contributed by atoms with van der Waals surface area (Å²) in [6, 6.07) is 11.0. The number of amides is 1. The number of carbonyl (C=O) groups is 1. The minimum atomic E-state index is -0.219. The zero-order valence-corrected chi connectivity index (χ0v) is 16.0. The Balaban J connectivity index is 1.56. The summed E-state index contributed by atoms with van der Waals surface area (Å²) < 4.78 is 21.1. The number of carbonyl (C=O) groups excluding carboxylic acids is 1. The topological polar surface area (TPSA) is 78.4 Å². The van der Waals surface area contributed by atoms with E-state index in [1.54, 1.807) is 33.3 Å². The molecule has 0 atom stereocenters. The van der Waals surface area contributed by atoms with Crippen molar-refractivity contribution in [1.82, 2.24) is 5.43 Å². The zero-order chi connectivity index (χ0) is 19.9. The van der Waals surface area contributed by atoms with Gasteiger partial charge in [0.05, 0.1) is 26.4 Å². The summed E-state index contributed by atoms with van der Waals surface area (Å²) in [7, 11) is 3.13. The Kier molecular flexibility index (Phi) is 6.16. The van der Waals surface area contributed by atoms with Crippen molar-refractivity contribution in [2.24, 2.45) is 5.10 Å². The molecule has 0 aromatic heterocycles. The quantitative estimate of drug-likeness (QED) is 0.588. The fourth-order valence-electron chi connectivity index (χ4n) is 2.64. The highest BCUT2D eigenvalue weighted by Gasteiger charge is 2.12. The first-order chi connectivity index (χ1) is 13.6. The van der Waals surface area contributed by atoms with Crippen LogP contribution in [0.5, 0.6) is 23.0 Å². The summed E-state index contributed by atoms with van der Waals surface area (Å²) in [5.41, 5.74) is 4.98. The minimum Gasteiger partial charge on any atom is -0.493 e. The Labute approximate surface area is 163 Å². The van der Waals surface area contributed by atoms with E-state index in [-0.39, 0.29) is 19.1 Å². The van der Waals surface area contributed by atoms with E-state index >= 15 is 0 Å². The molecule has 0 spiro atoms. The maximum atomic E-state index is 12.1. The van der Waals surface area contributed by atoms with Crippen LogP contribution in [0.4, 0.5) is 0 Å². The molecule has 28 heavy (non-hydrogen) atoms. The smallest absolute Gasteiger partial charge is 0.244 e. The van der Waals surface area contributed by atoms with E-state index in [0.29, 0.717) is 17.2 Å². The maximum absolute atomic E-state index is 12.1. The summed E-state index contributed by atoms with van der Waals surface area (Å²) in [5, 5.41) is 4.10. The monoisotopic (exact) mass is 382 g/mol. The molecule has 2 aromatic carbocycles. The van der Waals surface area contributed by atoms with Crippen molar-refractivity contribution in [3.63, 3.8) is 0 Å². The number of nitrogens with zero attached hydrogens (tertiary/aromatic N) is 1. The molecule has 1 amide bonds. The molecule has 3 rings (SSSR count). The molecule has 1 aliphatic heterocycles. The maximum Gasteiger partial charge on any atom is 0.244 e. The molecule has 146 valence electrons. The van der Waals surface area contributed by atoms with Gasteiger partial charge in [-0.25, -0.2) is 5.43 Å². The van der Waals surface area contributed by atoms with E-state index in [1.807, 2.05) is 36.4 Å². The largest absolute Gasteiger partial charge is 0.493 e. The standard InChI is InChI=1S/C21H22N2O5/c1-14(4-5-15-6-9-18-20(10-15)28-13-27-18)22-23-21(24)12-16-7-8-17(25-2)19(11-16)26-3/h4-11H,12-13H2,1-3H3,(H,23,24)/b5-4+,22-14+. The predicted molar refractivity (Wildman–Crippen MR) is 106 cm³/mol. The lowest BCUT2D eigenvalue weighted by molar-refractivity contribution is -0.120. The second-order valence-corrected chi connectivity index (χ2v) is 6.10. The number of allylic oxidation sites excluding steroid dienone is 1. The number of ether oxygens (including phenoxy) is 4. The highest BCUT2D eigenvalue weighted by Crippen LogP contribution is 2.32. The van der Waals surface area contributed by atoms with Gasteiger partial charge in [-0.2, -0.15) is 5.10 Å². The van der Waals surface area contributed by atoms with Crippen LogP contribution in [-0.4, -0.2) is 32.6 Å². The lowest BCUT2D eigenvalue weighted by atomic mass is 10.1. The van der Waals surface area contributed by atoms with Crippen molar-refractivity contribution in [3.05, 3.63) is 53.6 Å². The van der Waals surface area contributed by atoms with Crippen molar-refractivity contribution in [2.45, 2.75) is 13.3 Å². The molecule has 1 aliphatic rings. The fraction of sp³-hybridized carbons (Fsp3) is 0.238. The number of methoxy groups -OCH3 is 2. The third-order valence-corrected chi connectivity index (χ3v) is 4.08. The lowest BCUT2D eigenvalue weighted by Gasteiger charge is -2.09. The second-order valence-electron chi connectivity index (χ2n) is 6.10. The number of fused-ring (bicyclic) bond motifs is 1. The van der Waals surface area contributed by atoms with Crippen molar-refractivity contribution in [1.29, 1.82) is 0 Å². The lowest BCUT2D eigenvalue weighted by Crippen LogP contribution is -2.20. The van der Waals surface area contributed by atoms with Crippen LogP contribution in [0.1, 0.15) is 18.1 Å². The molecule has 0 bridgehead atoms. The van der Waals surface area contributed by atoms with E-state index in [9.17, 15) is 4.79 Å². The third-order valence-electron chi connectivity index (χ3n) is 4.08. The summed E-state index contributed by atoms with van der Waals surface area (Å²) in [4.78, 5) is 12.1. The molecule has 1 heterocycles. The first-order valence-electron chi connectivity index (χ1n) is 8.71. The molecule has 7 nitrogen and oxygen atoms in total. The number of rotatable bonds is 7. The van der Waals surface area contributed by atoms with Gasteiger partial charge in [-0.15, -0.1) is 0 Å². The molecule has 7 heteroatoms. The van der Waals surface area contributed by atoms with E-state index in [2.05, 4.69) is 10.5 Å². The van der Waals surface area contributed by atoms with Gasteiger partial charge in [0.1, 0.15) is 0 Å². The van der Waals surface area contributed by atoms with Crippen molar-refractivity contribution in [2.75, 3.05) is 21.0 Å². The van der Waals surface area contributed by atoms with Gasteiger partial charge in [0.15, 0.2) is 23.0 Å². The SMILES string of the molecule is COc1ccc(CC(=O)N/N=C(C)/C=C/c2ccc3c(c2)OCO3)cc1OC. The number of hydrazone groups is 1. The van der Waals surface area contributed by atoms with Crippen LogP contribution in [0.25, 0.3) is 6.08 Å². The average molecular weight is 382 g/mol. The van der Waals surface area contributed by atoms with Gasteiger partial charge in [0.25, 0.3) is 0 Å². The molecule has 0 saturated heterocycles. The van der Waals surface area contributed by atoms with E-state index in [1.165, 1.54) is 0 Å². The van der Waals surface area contributed by atoms with E-state index < -0.39 is 0 Å². The fourth-order valence-corrected chi connectivity index (χ4v) is 2.64. The first kappa shape index (κ1) is 19.3. The molecule has 2 aromatic rings. The molecule has 0 fully saturated rings. The van der Waals surface area contributed by atoms with Gasteiger partial charge in [-0.05, 0) is 48.4 Å². The van der Waals surface area contributed by atoms with Gasteiger partial charge in [-0.1, -0.05) is 18.2 Å². The first-order valence-corrected chi connectivity index (χ1v) is 8.71. The van der Waals surface area contributed by atoms with Gasteiger partial charge >= 0.3 is 0 Å². The molecule has 0 unspecified atom stereocenters.